The molecular formula is C16H17N5O3S2. The Morgan fingerprint density at radius 1 is 1.19 bits per heavy atom. The standard InChI is InChI=1S/C16H17N5O3S2/c1-17-26(23,24)15-8-7-13(25-15)9-18-16(22)14-11-21(20-19-14)10-12-5-3-2-4-6-12/h2-8,11,17H,9-10H2,1H3,(H,18,22). The van der Waals surface area contributed by atoms with Crippen molar-refractivity contribution < 1.29 is 13.2 Å². The number of amides is 1. The van der Waals surface area contributed by atoms with E-state index >= 15 is 0 Å². The summed E-state index contributed by atoms with van der Waals surface area (Å²) in [7, 11) is -2.11. The van der Waals surface area contributed by atoms with Gasteiger partial charge in [0.2, 0.25) is 10.0 Å². The highest BCUT2D eigenvalue weighted by atomic mass is 32.2. The first-order valence-electron chi connectivity index (χ1n) is 7.72. The molecule has 0 radical (unpaired) electrons. The van der Waals surface area contributed by atoms with Gasteiger partial charge < -0.3 is 5.32 Å². The van der Waals surface area contributed by atoms with E-state index in [1.165, 1.54) is 13.1 Å². The van der Waals surface area contributed by atoms with Crippen molar-refractivity contribution in [3.63, 3.8) is 0 Å². The SMILES string of the molecule is CNS(=O)(=O)c1ccc(CNC(=O)c2cn(Cc3ccccc3)nn2)s1. The molecule has 0 aliphatic rings. The van der Waals surface area contributed by atoms with Gasteiger partial charge in [-0.2, -0.15) is 0 Å². The van der Waals surface area contributed by atoms with Crippen LogP contribution in [-0.4, -0.2) is 36.4 Å². The quantitative estimate of drug-likeness (QED) is 0.630. The highest BCUT2D eigenvalue weighted by Gasteiger charge is 2.15. The smallest absolute Gasteiger partial charge is 0.273 e. The summed E-state index contributed by atoms with van der Waals surface area (Å²) in [6.07, 6.45) is 1.58. The van der Waals surface area contributed by atoms with Gasteiger partial charge in [-0.05, 0) is 24.7 Å². The molecule has 0 saturated carbocycles. The Kier molecular flexibility index (Phi) is 5.45. The van der Waals surface area contributed by atoms with E-state index in [2.05, 4.69) is 20.4 Å². The molecule has 2 aromatic heterocycles. The second-order valence-electron chi connectivity index (χ2n) is 5.40. The summed E-state index contributed by atoms with van der Waals surface area (Å²) in [5.74, 6) is -0.365. The van der Waals surface area contributed by atoms with Gasteiger partial charge in [-0.25, -0.2) is 17.8 Å². The van der Waals surface area contributed by atoms with Crippen molar-refractivity contribution in [1.82, 2.24) is 25.0 Å². The molecule has 1 amide bonds. The summed E-state index contributed by atoms with van der Waals surface area (Å²) in [6, 6.07) is 12.9. The van der Waals surface area contributed by atoms with Gasteiger partial charge in [-0.15, -0.1) is 16.4 Å². The van der Waals surface area contributed by atoms with Gasteiger partial charge in [0.25, 0.3) is 5.91 Å². The van der Waals surface area contributed by atoms with Crippen LogP contribution in [0.15, 0.2) is 52.9 Å². The van der Waals surface area contributed by atoms with E-state index in [4.69, 9.17) is 0 Å². The predicted molar refractivity (Wildman–Crippen MR) is 97.3 cm³/mol. The van der Waals surface area contributed by atoms with Gasteiger partial charge in [-0.1, -0.05) is 35.5 Å². The van der Waals surface area contributed by atoms with Crippen LogP contribution in [0.3, 0.4) is 0 Å². The van der Waals surface area contributed by atoms with Gasteiger partial charge in [0.05, 0.1) is 19.3 Å². The fourth-order valence-corrected chi connectivity index (χ4v) is 4.34. The number of rotatable bonds is 7. The molecule has 0 spiro atoms. The van der Waals surface area contributed by atoms with Crippen LogP contribution in [0.2, 0.25) is 0 Å². The molecule has 0 aliphatic carbocycles. The van der Waals surface area contributed by atoms with Gasteiger partial charge in [-0.3, -0.25) is 4.79 Å². The van der Waals surface area contributed by atoms with Crippen molar-refractivity contribution in [3.05, 3.63) is 64.8 Å². The molecule has 3 rings (SSSR count). The van der Waals surface area contributed by atoms with E-state index in [0.29, 0.717) is 6.54 Å². The summed E-state index contributed by atoms with van der Waals surface area (Å²) in [5, 5.41) is 10.6. The van der Waals surface area contributed by atoms with E-state index in [0.717, 1.165) is 21.8 Å². The topological polar surface area (TPSA) is 106 Å². The maximum Gasteiger partial charge on any atom is 0.273 e. The molecule has 8 nitrogen and oxygen atoms in total. The van der Waals surface area contributed by atoms with Crippen LogP contribution < -0.4 is 10.0 Å². The fraction of sp³-hybridized carbons (Fsp3) is 0.188. The fourth-order valence-electron chi connectivity index (χ4n) is 2.21. The van der Waals surface area contributed by atoms with E-state index in [9.17, 15) is 13.2 Å². The lowest BCUT2D eigenvalue weighted by atomic mass is 10.2. The van der Waals surface area contributed by atoms with E-state index in [-0.39, 0.29) is 22.4 Å². The number of nitrogens with one attached hydrogen (secondary N) is 2. The van der Waals surface area contributed by atoms with Crippen molar-refractivity contribution in [2.24, 2.45) is 0 Å². The molecule has 136 valence electrons. The van der Waals surface area contributed by atoms with Crippen LogP contribution in [-0.2, 0) is 23.1 Å². The Labute approximate surface area is 154 Å². The average Bonchev–Trinajstić information content (AvgIpc) is 3.30. The number of benzene rings is 1. The predicted octanol–water partition coefficient (Wildman–Crippen LogP) is 1.23. The lowest BCUT2D eigenvalue weighted by Crippen LogP contribution is -2.22. The van der Waals surface area contributed by atoms with Crippen molar-refractivity contribution >= 4 is 27.3 Å². The number of carbonyl (C=O) groups excluding carboxylic acids is 1. The number of carbonyl (C=O) groups is 1. The number of hydrogen-bond acceptors (Lipinski definition) is 6. The second kappa shape index (κ2) is 7.77. The molecule has 26 heavy (non-hydrogen) atoms. The first kappa shape index (κ1) is 18.2. The van der Waals surface area contributed by atoms with Crippen LogP contribution in [0.5, 0.6) is 0 Å². The van der Waals surface area contributed by atoms with Crippen LogP contribution in [0.1, 0.15) is 20.9 Å². The molecule has 0 fully saturated rings. The normalized spacial score (nSPS) is 11.4. The summed E-state index contributed by atoms with van der Waals surface area (Å²) in [5.41, 5.74) is 1.27. The molecule has 2 heterocycles. The number of nitrogens with zero attached hydrogens (tertiary/aromatic N) is 3. The lowest BCUT2D eigenvalue weighted by molar-refractivity contribution is 0.0946. The third-order valence-electron chi connectivity index (χ3n) is 3.55. The van der Waals surface area contributed by atoms with Crippen LogP contribution in [0.4, 0.5) is 0 Å². The van der Waals surface area contributed by atoms with Crippen molar-refractivity contribution in [1.29, 1.82) is 0 Å². The third kappa shape index (κ3) is 4.34. The van der Waals surface area contributed by atoms with Crippen molar-refractivity contribution in [2.75, 3.05) is 7.05 Å². The molecule has 3 aromatic rings. The Morgan fingerprint density at radius 3 is 2.69 bits per heavy atom. The maximum atomic E-state index is 12.2. The van der Waals surface area contributed by atoms with Gasteiger partial charge in [0, 0.05) is 4.88 Å². The Hall–Kier alpha value is -2.56. The van der Waals surface area contributed by atoms with Crippen LogP contribution >= 0.6 is 11.3 Å². The molecule has 0 aliphatic heterocycles. The summed E-state index contributed by atoms with van der Waals surface area (Å²) >= 11 is 1.10. The maximum absolute atomic E-state index is 12.2. The Balaban J connectivity index is 1.59. The molecule has 2 N–H and O–H groups in total. The molecular weight excluding hydrogens is 374 g/mol. The van der Waals surface area contributed by atoms with Crippen molar-refractivity contribution in [2.45, 2.75) is 17.3 Å². The van der Waals surface area contributed by atoms with E-state index in [1.807, 2.05) is 30.3 Å². The molecule has 0 atom stereocenters. The number of hydrogen-bond donors (Lipinski definition) is 2. The zero-order valence-electron chi connectivity index (χ0n) is 13.9. The highest BCUT2D eigenvalue weighted by Crippen LogP contribution is 2.21. The number of sulfonamides is 1. The van der Waals surface area contributed by atoms with E-state index in [1.54, 1.807) is 16.9 Å². The monoisotopic (exact) mass is 391 g/mol. The average molecular weight is 391 g/mol. The molecule has 0 unspecified atom stereocenters. The third-order valence-corrected chi connectivity index (χ3v) is 6.54. The minimum Gasteiger partial charge on any atom is -0.346 e. The number of thiophene rings is 1. The summed E-state index contributed by atoms with van der Waals surface area (Å²) in [6.45, 7) is 0.742. The minimum atomic E-state index is -3.46. The number of aromatic nitrogens is 3. The minimum absolute atomic E-state index is 0.207. The zero-order chi connectivity index (χ0) is 18.6. The molecule has 1 aromatic carbocycles. The molecule has 0 saturated heterocycles. The highest BCUT2D eigenvalue weighted by molar-refractivity contribution is 7.91. The second-order valence-corrected chi connectivity index (χ2v) is 8.68. The van der Waals surface area contributed by atoms with Crippen LogP contribution in [0, 0.1) is 0 Å². The van der Waals surface area contributed by atoms with Gasteiger partial charge in [0.1, 0.15) is 4.21 Å². The largest absolute Gasteiger partial charge is 0.346 e. The lowest BCUT2D eigenvalue weighted by Gasteiger charge is -2.01. The van der Waals surface area contributed by atoms with Gasteiger partial charge in [0.15, 0.2) is 5.69 Å². The summed E-state index contributed by atoms with van der Waals surface area (Å²) < 4.78 is 27.5. The van der Waals surface area contributed by atoms with Gasteiger partial charge >= 0.3 is 0 Å². The Morgan fingerprint density at radius 2 is 1.96 bits per heavy atom. The van der Waals surface area contributed by atoms with Crippen molar-refractivity contribution in [3.8, 4) is 0 Å². The summed E-state index contributed by atoms with van der Waals surface area (Å²) in [4.78, 5) is 12.9. The zero-order valence-corrected chi connectivity index (χ0v) is 15.5. The first-order chi connectivity index (χ1) is 12.5. The Bertz CT molecular complexity index is 996. The van der Waals surface area contributed by atoms with E-state index < -0.39 is 10.0 Å². The van der Waals surface area contributed by atoms with Crippen LogP contribution in [0.25, 0.3) is 0 Å². The molecule has 0 bridgehead atoms. The first-order valence-corrected chi connectivity index (χ1v) is 10.0. The molecule has 10 heteroatoms.